The minimum absolute atomic E-state index is 0.204. The number of nitrogens with zero attached hydrogens (tertiary/aromatic N) is 1. The summed E-state index contributed by atoms with van der Waals surface area (Å²) in [4.78, 5) is 4.57. The third-order valence-electron chi connectivity index (χ3n) is 2.81. The van der Waals surface area contributed by atoms with Crippen molar-refractivity contribution in [3.8, 4) is 0 Å². The van der Waals surface area contributed by atoms with Gasteiger partial charge in [0.25, 0.3) is 0 Å². The third kappa shape index (κ3) is 3.28. The summed E-state index contributed by atoms with van der Waals surface area (Å²) in [5.41, 5.74) is 3.68. The topological polar surface area (TPSA) is 12.4 Å². The summed E-state index contributed by atoms with van der Waals surface area (Å²) >= 11 is 0. The minimum atomic E-state index is 0.204. The molecule has 0 aliphatic rings. The van der Waals surface area contributed by atoms with Crippen molar-refractivity contribution in [1.29, 1.82) is 0 Å². The highest BCUT2D eigenvalue weighted by Gasteiger charge is 2.00. The molecule has 2 aromatic carbocycles. The van der Waals surface area contributed by atoms with Gasteiger partial charge < -0.3 is 0 Å². The van der Waals surface area contributed by atoms with Crippen LogP contribution in [0, 0.1) is 6.92 Å². The third-order valence-corrected chi connectivity index (χ3v) is 2.81. The summed E-state index contributed by atoms with van der Waals surface area (Å²) < 4.78 is 0. The molecule has 1 nitrogen and oxygen atoms in total. The van der Waals surface area contributed by atoms with Crippen LogP contribution < -0.4 is 0 Å². The van der Waals surface area contributed by atoms with Gasteiger partial charge in [0.15, 0.2) is 0 Å². The van der Waals surface area contributed by atoms with Crippen LogP contribution in [0.4, 0.5) is 0 Å². The Morgan fingerprint density at radius 2 is 1.59 bits per heavy atom. The number of aliphatic imine (C=N–C) groups is 1. The van der Waals surface area contributed by atoms with Gasteiger partial charge in [0.1, 0.15) is 0 Å². The van der Waals surface area contributed by atoms with E-state index in [-0.39, 0.29) is 6.04 Å². The van der Waals surface area contributed by atoms with Gasteiger partial charge in [-0.1, -0.05) is 60.2 Å². The van der Waals surface area contributed by atoms with Gasteiger partial charge in [-0.25, -0.2) is 0 Å². The molecule has 0 aliphatic heterocycles. The maximum absolute atomic E-state index is 4.57. The Hall–Kier alpha value is -1.89. The fourth-order valence-corrected chi connectivity index (χ4v) is 1.67. The smallest absolute Gasteiger partial charge is 0.0721 e. The molecule has 0 unspecified atom stereocenters. The van der Waals surface area contributed by atoms with Gasteiger partial charge in [-0.05, 0) is 25.0 Å². The van der Waals surface area contributed by atoms with E-state index in [1.165, 1.54) is 11.1 Å². The zero-order valence-electron chi connectivity index (χ0n) is 10.3. The van der Waals surface area contributed by atoms with Gasteiger partial charge in [-0.3, -0.25) is 4.99 Å². The predicted octanol–water partition coefficient (Wildman–Crippen LogP) is 4.18. The van der Waals surface area contributed by atoms with Crippen LogP contribution in [0.5, 0.6) is 0 Å². The predicted molar refractivity (Wildman–Crippen MR) is 73.6 cm³/mol. The summed E-state index contributed by atoms with van der Waals surface area (Å²) in [5.74, 6) is 0. The Morgan fingerprint density at radius 1 is 0.941 bits per heavy atom. The fraction of sp³-hybridized carbons (Fsp3) is 0.188. The standard InChI is InChI=1S/C16H17N/c1-13-8-10-16(11-9-13)14(2)17-12-15-6-4-3-5-7-15/h3-12,14H,1-2H3/t14-/m0/s1. The van der Waals surface area contributed by atoms with Crippen LogP contribution in [-0.4, -0.2) is 6.21 Å². The van der Waals surface area contributed by atoms with Crippen molar-refractivity contribution < 1.29 is 0 Å². The fourth-order valence-electron chi connectivity index (χ4n) is 1.67. The molecular weight excluding hydrogens is 206 g/mol. The molecule has 86 valence electrons. The number of rotatable bonds is 3. The highest BCUT2D eigenvalue weighted by molar-refractivity contribution is 5.79. The van der Waals surface area contributed by atoms with Crippen LogP contribution in [0.25, 0.3) is 0 Å². The molecule has 2 aromatic rings. The highest BCUT2D eigenvalue weighted by Crippen LogP contribution is 2.16. The van der Waals surface area contributed by atoms with E-state index < -0.39 is 0 Å². The lowest BCUT2D eigenvalue weighted by atomic mass is 10.1. The van der Waals surface area contributed by atoms with Crippen molar-refractivity contribution in [3.63, 3.8) is 0 Å². The normalized spacial score (nSPS) is 12.8. The summed E-state index contributed by atoms with van der Waals surface area (Å²) in [6.07, 6.45) is 1.94. The van der Waals surface area contributed by atoms with Crippen molar-refractivity contribution >= 4 is 6.21 Å². The van der Waals surface area contributed by atoms with Crippen molar-refractivity contribution in [3.05, 3.63) is 71.3 Å². The van der Waals surface area contributed by atoms with Crippen molar-refractivity contribution in [2.45, 2.75) is 19.9 Å². The quantitative estimate of drug-likeness (QED) is 0.692. The molecule has 0 N–H and O–H groups in total. The van der Waals surface area contributed by atoms with E-state index in [9.17, 15) is 0 Å². The second-order valence-corrected chi connectivity index (χ2v) is 4.28. The molecule has 0 aliphatic carbocycles. The Kier molecular flexibility index (Phi) is 3.71. The first-order valence-electron chi connectivity index (χ1n) is 5.90. The van der Waals surface area contributed by atoms with E-state index in [0.29, 0.717) is 0 Å². The molecule has 0 radical (unpaired) electrons. The molecule has 0 bridgehead atoms. The zero-order chi connectivity index (χ0) is 12.1. The summed E-state index contributed by atoms with van der Waals surface area (Å²) in [7, 11) is 0. The maximum atomic E-state index is 4.57. The van der Waals surface area contributed by atoms with E-state index >= 15 is 0 Å². The maximum Gasteiger partial charge on any atom is 0.0721 e. The molecular formula is C16H17N. The van der Waals surface area contributed by atoms with Crippen LogP contribution in [-0.2, 0) is 0 Å². The van der Waals surface area contributed by atoms with E-state index in [1.54, 1.807) is 0 Å². The average Bonchev–Trinajstić information content (AvgIpc) is 2.38. The molecule has 0 fully saturated rings. The first-order chi connectivity index (χ1) is 8.25. The monoisotopic (exact) mass is 223 g/mol. The molecule has 2 rings (SSSR count). The van der Waals surface area contributed by atoms with E-state index in [2.05, 4.69) is 55.2 Å². The molecule has 1 heteroatoms. The van der Waals surface area contributed by atoms with E-state index in [1.807, 2.05) is 24.4 Å². The molecule has 0 aromatic heterocycles. The molecule has 0 saturated carbocycles. The van der Waals surface area contributed by atoms with Gasteiger partial charge in [0, 0.05) is 6.21 Å². The number of benzene rings is 2. The van der Waals surface area contributed by atoms with Crippen LogP contribution in [0.1, 0.15) is 29.7 Å². The summed E-state index contributed by atoms with van der Waals surface area (Å²) in [6.45, 7) is 4.21. The van der Waals surface area contributed by atoms with Crippen LogP contribution in [0.3, 0.4) is 0 Å². The average molecular weight is 223 g/mol. The Labute approximate surface area is 103 Å². The molecule has 17 heavy (non-hydrogen) atoms. The molecule has 0 amide bonds. The lowest BCUT2D eigenvalue weighted by Crippen LogP contribution is -1.91. The molecule has 0 heterocycles. The molecule has 0 saturated heterocycles. The van der Waals surface area contributed by atoms with Crippen molar-refractivity contribution in [2.24, 2.45) is 4.99 Å². The van der Waals surface area contributed by atoms with Crippen molar-refractivity contribution in [1.82, 2.24) is 0 Å². The Morgan fingerprint density at radius 3 is 2.24 bits per heavy atom. The van der Waals surface area contributed by atoms with Crippen molar-refractivity contribution in [2.75, 3.05) is 0 Å². The van der Waals surface area contributed by atoms with E-state index in [0.717, 1.165) is 5.56 Å². The SMILES string of the molecule is Cc1ccc([C@H](C)N=Cc2ccccc2)cc1. The molecule has 0 spiro atoms. The van der Waals surface area contributed by atoms with Gasteiger partial charge in [-0.15, -0.1) is 0 Å². The minimum Gasteiger partial charge on any atom is -0.285 e. The summed E-state index contributed by atoms with van der Waals surface area (Å²) in [6, 6.07) is 18.9. The zero-order valence-corrected chi connectivity index (χ0v) is 10.3. The second kappa shape index (κ2) is 5.44. The first-order valence-corrected chi connectivity index (χ1v) is 5.90. The number of hydrogen-bond acceptors (Lipinski definition) is 1. The summed E-state index contributed by atoms with van der Waals surface area (Å²) in [5, 5.41) is 0. The number of aryl methyl sites for hydroxylation is 1. The first kappa shape index (κ1) is 11.6. The highest BCUT2D eigenvalue weighted by atomic mass is 14.8. The Bertz CT molecular complexity index is 483. The lowest BCUT2D eigenvalue weighted by molar-refractivity contribution is 0.824. The van der Waals surface area contributed by atoms with Crippen LogP contribution in [0.15, 0.2) is 59.6 Å². The van der Waals surface area contributed by atoms with Crippen LogP contribution in [0.2, 0.25) is 0 Å². The van der Waals surface area contributed by atoms with Gasteiger partial charge in [-0.2, -0.15) is 0 Å². The van der Waals surface area contributed by atoms with Gasteiger partial charge in [0.05, 0.1) is 6.04 Å². The van der Waals surface area contributed by atoms with Gasteiger partial charge >= 0.3 is 0 Å². The largest absolute Gasteiger partial charge is 0.285 e. The van der Waals surface area contributed by atoms with Crippen LogP contribution >= 0.6 is 0 Å². The molecule has 1 atom stereocenters. The lowest BCUT2D eigenvalue weighted by Gasteiger charge is -2.06. The Balaban J connectivity index is 2.09. The van der Waals surface area contributed by atoms with E-state index in [4.69, 9.17) is 0 Å². The van der Waals surface area contributed by atoms with Gasteiger partial charge in [0.2, 0.25) is 0 Å². The second-order valence-electron chi connectivity index (χ2n) is 4.28. The number of hydrogen-bond donors (Lipinski definition) is 0.